The summed E-state index contributed by atoms with van der Waals surface area (Å²) in [5, 5.41) is 2.99. The van der Waals surface area contributed by atoms with E-state index in [0.717, 1.165) is 32.1 Å². The van der Waals surface area contributed by atoms with Crippen molar-refractivity contribution in [3.63, 3.8) is 0 Å². The van der Waals surface area contributed by atoms with Crippen LogP contribution in [0.1, 0.15) is 49.3 Å². The number of hydrogen-bond donors (Lipinski definition) is 1. The second-order valence-corrected chi connectivity index (χ2v) is 6.34. The van der Waals surface area contributed by atoms with Crippen molar-refractivity contribution in [2.24, 2.45) is 5.92 Å². The van der Waals surface area contributed by atoms with Gasteiger partial charge in [-0.15, -0.1) is 0 Å². The van der Waals surface area contributed by atoms with E-state index in [4.69, 9.17) is 4.74 Å². The zero-order valence-electron chi connectivity index (χ0n) is 13.3. The van der Waals surface area contributed by atoms with E-state index in [1.165, 1.54) is 11.1 Å². The zero-order chi connectivity index (χ0) is 16.1. The maximum atomic E-state index is 12.1. The third-order valence-corrected chi connectivity index (χ3v) is 4.61. The molecule has 0 heterocycles. The Morgan fingerprint density at radius 1 is 1.22 bits per heavy atom. The van der Waals surface area contributed by atoms with Gasteiger partial charge in [-0.05, 0) is 49.1 Å². The molecule has 2 atom stereocenters. The molecule has 0 bridgehead atoms. The number of carbonyl (C=O) groups excluding carboxylic acids is 2. The first kappa shape index (κ1) is 15.8. The van der Waals surface area contributed by atoms with Crippen molar-refractivity contribution in [3.8, 4) is 0 Å². The van der Waals surface area contributed by atoms with Crippen LogP contribution in [0.3, 0.4) is 0 Å². The summed E-state index contributed by atoms with van der Waals surface area (Å²) in [6, 6.07) is 8.24. The van der Waals surface area contributed by atoms with Crippen LogP contribution in [0.4, 0.5) is 0 Å². The first-order chi connectivity index (χ1) is 11.2. The average molecular weight is 313 g/mol. The molecule has 0 unspecified atom stereocenters. The summed E-state index contributed by atoms with van der Waals surface area (Å²) in [7, 11) is 0. The van der Waals surface area contributed by atoms with Crippen LogP contribution in [0.25, 0.3) is 0 Å². The fourth-order valence-electron chi connectivity index (χ4n) is 3.42. The highest BCUT2D eigenvalue weighted by Gasteiger charge is 2.22. The van der Waals surface area contributed by atoms with Crippen molar-refractivity contribution in [3.05, 3.63) is 47.5 Å². The van der Waals surface area contributed by atoms with Crippen molar-refractivity contribution < 1.29 is 14.3 Å². The smallest absolute Gasteiger partial charge is 0.306 e. The van der Waals surface area contributed by atoms with Gasteiger partial charge in [-0.2, -0.15) is 0 Å². The molecule has 1 aromatic carbocycles. The maximum absolute atomic E-state index is 12.1. The van der Waals surface area contributed by atoms with Gasteiger partial charge in [0.15, 0.2) is 6.61 Å². The fraction of sp³-hybridized carbons (Fsp3) is 0.474. The minimum Gasteiger partial charge on any atom is -0.456 e. The molecule has 23 heavy (non-hydrogen) atoms. The molecule has 1 N–H and O–H groups in total. The van der Waals surface area contributed by atoms with Crippen molar-refractivity contribution in [2.45, 2.75) is 44.6 Å². The number of aryl methyl sites for hydroxylation is 1. The van der Waals surface area contributed by atoms with E-state index in [0.29, 0.717) is 6.42 Å². The molecule has 0 saturated carbocycles. The van der Waals surface area contributed by atoms with Crippen molar-refractivity contribution in [1.82, 2.24) is 5.32 Å². The number of benzene rings is 1. The summed E-state index contributed by atoms with van der Waals surface area (Å²) in [6.07, 6.45) is 9.60. The van der Waals surface area contributed by atoms with E-state index in [-0.39, 0.29) is 30.4 Å². The van der Waals surface area contributed by atoms with E-state index in [1.807, 2.05) is 12.1 Å². The standard InChI is InChI=1S/C19H23NO3/c21-18(13-23-19(22)12-14-6-1-2-7-14)20-17-11-5-9-15-8-3-4-10-16(15)17/h1,3-4,6,8,10,14,17H,2,5,7,9,11-13H2,(H,20,21)/t14-,17-/m1/s1. The average Bonchev–Trinajstić information content (AvgIpc) is 3.06. The fourth-order valence-corrected chi connectivity index (χ4v) is 3.42. The highest BCUT2D eigenvalue weighted by Crippen LogP contribution is 2.29. The van der Waals surface area contributed by atoms with Crippen molar-refractivity contribution in [2.75, 3.05) is 6.61 Å². The molecule has 4 heteroatoms. The van der Waals surface area contributed by atoms with Crippen LogP contribution < -0.4 is 5.32 Å². The largest absolute Gasteiger partial charge is 0.456 e. The Morgan fingerprint density at radius 3 is 2.91 bits per heavy atom. The monoisotopic (exact) mass is 313 g/mol. The van der Waals surface area contributed by atoms with Crippen molar-refractivity contribution >= 4 is 11.9 Å². The number of ether oxygens (including phenoxy) is 1. The summed E-state index contributed by atoms with van der Waals surface area (Å²) in [6.45, 7) is -0.187. The molecular formula is C19H23NO3. The Hall–Kier alpha value is -2.10. The highest BCUT2D eigenvalue weighted by molar-refractivity contribution is 5.81. The van der Waals surface area contributed by atoms with Gasteiger partial charge in [0.05, 0.1) is 12.5 Å². The maximum Gasteiger partial charge on any atom is 0.306 e. The number of hydrogen-bond acceptors (Lipinski definition) is 3. The molecule has 0 spiro atoms. The Morgan fingerprint density at radius 2 is 2.09 bits per heavy atom. The third kappa shape index (κ3) is 4.21. The first-order valence-electron chi connectivity index (χ1n) is 8.42. The zero-order valence-corrected chi connectivity index (χ0v) is 13.3. The third-order valence-electron chi connectivity index (χ3n) is 4.61. The Kier molecular flexibility index (Phi) is 5.11. The molecule has 3 rings (SSSR count). The predicted molar refractivity (Wildman–Crippen MR) is 87.7 cm³/mol. The van der Waals surface area contributed by atoms with Crippen LogP contribution in [0.5, 0.6) is 0 Å². The number of allylic oxidation sites excluding steroid dienone is 2. The molecule has 0 fully saturated rings. The van der Waals surface area contributed by atoms with Gasteiger partial charge in [-0.25, -0.2) is 0 Å². The van der Waals surface area contributed by atoms with Crippen LogP contribution in [-0.2, 0) is 20.7 Å². The van der Waals surface area contributed by atoms with Gasteiger partial charge in [0.25, 0.3) is 5.91 Å². The number of carbonyl (C=O) groups is 2. The van der Waals surface area contributed by atoms with Crippen LogP contribution in [-0.4, -0.2) is 18.5 Å². The Balaban J connectivity index is 1.46. The quantitative estimate of drug-likeness (QED) is 0.671. The lowest BCUT2D eigenvalue weighted by Gasteiger charge is -2.26. The molecule has 0 aromatic heterocycles. The molecule has 0 aliphatic heterocycles. The molecule has 122 valence electrons. The minimum atomic E-state index is -0.291. The van der Waals surface area contributed by atoms with E-state index in [1.54, 1.807) is 0 Å². The normalized spacial score (nSPS) is 22.4. The van der Waals surface area contributed by atoms with Gasteiger partial charge in [-0.1, -0.05) is 36.4 Å². The van der Waals surface area contributed by atoms with Gasteiger partial charge in [0.2, 0.25) is 0 Å². The minimum absolute atomic E-state index is 0.0314. The summed E-state index contributed by atoms with van der Waals surface area (Å²) in [5.74, 6) is -0.237. The predicted octanol–water partition coefficient (Wildman–Crippen LogP) is 3.08. The molecule has 2 aliphatic rings. The number of fused-ring (bicyclic) bond motifs is 1. The summed E-state index contributed by atoms with van der Waals surface area (Å²) in [5.41, 5.74) is 2.49. The van der Waals surface area contributed by atoms with Crippen LogP contribution in [0.15, 0.2) is 36.4 Å². The van der Waals surface area contributed by atoms with Gasteiger partial charge < -0.3 is 10.1 Å². The molecule has 2 aliphatic carbocycles. The topological polar surface area (TPSA) is 55.4 Å². The van der Waals surface area contributed by atoms with Gasteiger partial charge in [0.1, 0.15) is 0 Å². The van der Waals surface area contributed by atoms with Gasteiger partial charge in [0, 0.05) is 0 Å². The lowest BCUT2D eigenvalue weighted by molar-refractivity contribution is -0.149. The summed E-state index contributed by atoms with van der Waals surface area (Å²) < 4.78 is 5.11. The molecule has 1 amide bonds. The van der Waals surface area contributed by atoms with Crippen LogP contribution in [0.2, 0.25) is 0 Å². The molecule has 1 aromatic rings. The SMILES string of the molecule is O=C(COC(=O)C[C@@H]1C=CCC1)N[C@@H]1CCCc2ccccc21. The van der Waals surface area contributed by atoms with E-state index in [2.05, 4.69) is 29.6 Å². The molecule has 0 radical (unpaired) electrons. The van der Waals surface area contributed by atoms with E-state index < -0.39 is 0 Å². The lowest BCUT2D eigenvalue weighted by atomic mass is 9.88. The highest BCUT2D eigenvalue weighted by atomic mass is 16.5. The number of amides is 1. The number of rotatable bonds is 5. The Bertz CT molecular complexity index is 608. The molecule has 0 saturated heterocycles. The second kappa shape index (κ2) is 7.44. The molecule has 4 nitrogen and oxygen atoms in total. The summed E-state index contributed by atoms with van der Waals surface area (Å²) >= 11 is 0. The lowest BCUT2D eigenvalue weighted by Crippen LogP contribution is -2.34. The second-order valence-electron chi connectivity index (χ2n) is 6.34. The van der Waals surface area contributed by atoms with E-state index >= 15 is 0 Å². The van der Waals surface area contributed by atoms with Gasteiger partial charge in [-0.3, -0.25) is 9.59 Å². The number of nitrogens with one attached hydrogen (secondary N) is 1. The Labute approximate surface area is 136 Å². The number of esters is 1. The van der Waals surface area contributed by atoms with Crippen LogP contribution in [0, 0.1) is 5.92 Å². The first-order valence-corrected chi connectivity index (χ1v) is 8.42. The van der Waals surface area contributed by atoms with Gasteiger partial charge >= 0.3 is 5.97 Å². The summed E-state index contributed by atoms with van der Waals surface area (Å²) in [4.78, 5) is 23.8. The van der Waals surface area contributed by atoms with E-state index in [9.17, 15) is 9.59 Å². The van der Waals surface area contributed by atoms with Crippen molar-refractivity contribution in [1.29, 1.82) is 0 Å². The molecular weight excluding hydrogens is 290 g/mol. The van der Waals surface area contributed by atoms with Crippen LogP contribution >= 0.6 is 0 Å².